The van der Waals surface area contributed by atoms with E-state index in [4.69, 9.17) is 5.73 Å². The van der Waals surface area contributed by atoms with Crippen LogP contribution in [-0.2, 0) is 16.0 Å². The number of carbonyl (C=O) groups excluding carboxylic acids is 2. The standard InChI is InChI=1S/C15H20N4O2/c16-11-8-12-10(3-4-14(20)18-12)7-13(11)17-9-15(21)19-5-1-2-6-19/h7-8,17H,1-6,9,16H2,(H,18,20). The lowest BCUT2D eigenvalue weighted by Crippen LogP contribution is -2.33. The Balaban J connectivity index is 1.68. The maximum absolute atomic E-state index is 12.0. The maximum Gasteiger partial charge on any atom is 0.241 e. The highest BCUT2D eigenvalue weighted by Gasteiger charge is 2.19. The average molecular weight is 288 g/mol. The normalized spacial score (nSPS) is 17.3. The zero-order valence-electron chi connectivity index (χ0n) is 11.9. The first-order valence-corrected chi connectivity index (χ1v) is 7.37. The van der Waals surface area contributed by atoms with Gasteiger partial charge in [0.05, 0.1) is 17.9 Å². The molecule has 0 aliphatic carbocycles. The first kappa shape index (κ1) is 13.7. The molecule has 0 saturated carbocycles. The number of hydrogen-bond acceptors (Lipinski definition) is 4. The molecule has 0 bridgehead atoms. The van der Waals surface area contributed by atoms with Crippen LogP contribution < -0.4 is 16.4 Å². The predicted molar refractivity (Wildman–Crippen MR) is 82.1 cm³/mol. The van der Waals surface area contributed by atoms with Gasteiger partial charge in [0.2, 0.25) is 11.8 Å². The Morgan fingerprint density at radius 1 is 1.29 bits per heavy atom. The van der Waals surface area contributed by atoms with Crippen LogP contribution >= 0.6 is 0 Å². The maximum atomic E-state index is 12.0. The molecule has 1 saturated heterocycles. The van der Waals surface area contributed by atoms with E-state index in [0.717, 1.165) is 42.9 Å². The molecule has 0 atom stereocenters. The van der Waals surface area contributed by atoms with Gasteiger partial charge >= 0.3 is 0 Å². The summed E-state index contributed by atoms with van der Waals surface area (Å²) in [5, 5.41) is 5.94. The molecule has 6 nitrogen and oxygen atoms in total. The van der Waals surface area contributed by atoms with E-state index in [1.165, 1.54) is 0 Å². The number of rotatable bonds is 3. The zero-order chi connectivity index (χ0) is 14.8. The van der Waals surface area contributed by atoms with Gasteiger partial charge in [-0.2, -0.15) is 0 Å². The predicted octanol–water partition coefficient (Wildman–Crippen LogP) is 1.19. The zero-order valence-corrected chi connectivity index (χ0v) is 11.9. The third-order valence-corrected chi connectivity index (χ3v) is 4.06. The molecule has 2 aliphatic heterocycles. The van der Waals surface area contributed by atoms with Gasteiger partial charge in [-0.05, 0) is 37.0 Å². The van der Waals surface area contributed by atoms with Gasteiger partial charge in [-0.1, -0.05) is 0 Å². The van der Waals surface area contributed by atoms with E-state index in [1.807, 2.05) is 11.0 Å². The van der Waals surface area contributed by atoms with Crippen molar-refractivity contribution in [3.8, 4) is 0 Å². The third kappa shape index (κ3) is 2.94. The van der Waals surface area contributed by atoms with Gasteiger partial charge in [0.25, 0.3) is 0 Å². The molecule has 21 heavy (non-hydrogen) atoms. The highest BCUT2D eigenvalue weighted by Crippen LogP contribution is 2.30. The topological polar surface area (TPSA) is 87.5 Å². The van der Waals surface area contributed by atoms with Crippen LogP contribution in [-0.4, -0.2) is 36.3 Å². The van der Waals surface area contributed by atoms with Crippen molar-refractivity contribution in [2.75, 3.05) is 36.0 Å². The number of amides is 2. The molecule has 6 heteroatoms. The fourth-order valence-electron chi connectivity index (χ4n) is 2.85. The monoisotopic (exact) mass is 288 g/mol. The van der Waals surface area contributed by atoms with Gasteiger partial charge in [-0.25, -0.2) is 0 Å². The Bertz CT molecular complexity index is 579. The summed E-state index contributed by atoms with van der Waals surface area (Å²) in [6.45, 7) is 1.97. The largest absolute Gasteiger partial charge is 0.397 e. The van der Waals surface area contributed by atoms with Gasteiger partial charge in [0, 0.05) is 25.2 Å². The Kier molecular flexibility index (Phi) is 3.68. The molecular formula is C15H20N4O2. The van der Waals surface area contributed by atoms with Gasteiger partial charge < -0.3 is 21.3 Å². The molecule has 2 aliphatic rings. The van der Waals surface area contributed by atoms with Crippen molar-refractivity contribution >= 4 is 28.9 Å². The number of carbonyl (C=O) groups is 2. The van der Waals surface area contributed by atoms with Crippen molar-refractivity contribution in [3.63, 3.8) is 0 Å². The SMILES string of the molecule is Nc1cc2c(cc1NCC(=O)N1CCCC1)CCC(=O)N2. The van der Waals surface area contributed by atoms with E-state index in [9.17, 15) is 9.59 Å². The van der Waals surface area contributed by atoms with Crippen molar-refractivity contribution in [1.82, 2.24) is 4.90 Å². The molecular weight excluding hydrogens is 268 g/mol. The molecule has 4 N–H and O–H groups in total. The Hall–Kier alpha value is -2.24. The van der Waals surface area contributed by atoms with E-state index in [2.05, 4.69) is 10.6 Å². The van der Waals surface area contributed by atoms with E-state index < -0.39 is 0 Å². The second kappa shape index (κ2) is 5.63. The van der Waals surface area contributed by atoms with Gasteiger partial charge in [-0.3, -0.25) is 9.59 Å². The van der Waals surface area contributed by atoms with Crippen LogP contribution in [0.5, 0.6) is 0 Å². The lowest BCUT2D eigenvalue weighted by atomic mass is 10.0. The number of fused-ring (bicyclic) bond motifs is 1. The number of aryl methyl sites for hydroxylation is 1. The summed E-state index contributed by atoms with van der Waals surface area (Å²) in [6.07, 6.45) is 3.37. The highest BCUT2D eigenvalue weighted by atomic mass is 16.2. The quantitative estimate of drug-likeness (QED) is 0.729. The molecule has 0 unspecified atom stereocenters. The number of hydrogen-bond donors (Lipinski definition) is 3. The van der Waals surface area contributed by atoms with Crippen molar-refractivity contribution < 1.29 is 9.59 Å². The summed E-state index contributed by atoms with van der Waals surface area (Å²) >= 11 is 0. The van der Waals surface area contributed by atoms with Gasteiger partial charge in [-0.15, -0.1) is 0 Å². The smallest absolute Gasteiger partial charge is 0.241 e. The second-order valence-electron chi connectivity index (χ2n) is 5.59. The van der Waals surface area contributed by atoms with Crippen LogP contribution in [0.25, 0.3) is 0 Å². The molecule has 1 fully saturated rings. The fourth-order valence-corrected chi connectivity index (χ4v) is 2.85. The van der Waals surface area contributed by atoms with Crippen LogP contribution in [0.3, 0.4) is 0 Å². The number of anilines is 3. The van der Waals surface area contributed by atoms with E-state index >= 15 is 0 Å². The van der Waals surface area contributed by atoms with E-state index in [-0.39, 0.29) is 18.4 Å². The van der Waals surface area contributed by atoms with Crippen LogP contribution in [0.15, 0.2) is 12.1 Å². The Labute approximate surface area is 123 Å². The molecule has 0 spiro atoms. The van der Waals surface area contributed by atoms with Crippen LogP contribution in [0.4, 0.5) is 17.1 Å². The van der Waals surface area contributed by atoms with Crippen molar-refractivity contribution in [1.29, 1.82) is 0 Å². The lowest BCUT2D eigenvalue weighted by molar-refractivity contribution is -0.128. The van der Waals surface area contributed by atoms with Crippen molar-refractivity contribution in [3.05, 3.63) is 17.7 Å². The van der Waals surface area contributed by atoms with Crippen LogP contribution in [0, 0.1) is 0 Å². The highest BCUT2D eigenvalue weighted by molar-refractivity contribution is 5.95. The third-order valence-electron chi connectivity index (χ3n) is 4.06. The Morgan fingerprint density at radius 3 is 2.81 bits per heavy atom. The number of nitrogens with zero attached hydrogens (tertiary/aromatic N) is 1. The number of likely N-dealkylation sites (tertiary alicyclic amines) is 1. The minimum absolute atomic E-state index is 0.0202. The second-order valence-corrected chi connectivity index (χ2v) is 5.59. The van der Waals surface area contributed by atoms with Crippen LogP contribution in [0.2, 0.25) is 0 Å². The van der Waals surface area contributed by atoms with E-state index in [0.29, 0.717) is 18.5 Å². The number of benzene rings is 1. The first-order valence-electron chi connectivity index (χ1n) is 7.37. The summed E-state index contributed by atoms with van der Waals surface area (Å²) in [6, 6.07) is 3.69. The minimum Gasteiger partial charge on any atom is -0.397 e. The number of nitrogens with two attached hydrogens (primary N) is 1. The minimum atomic E-state index is 0.0202. The van der Waals surface area contributed by atoms with E-state index in [1.54, 1.807) is 6.07 Å². The Morgan fingerprint density at radius 2 is 2.05 bits per heavy atom. The van der Waals surface area contributed by atoms with Crippen LogP contribution in [0.1, 0.15) is 24.8 Å². The number of nitrogens with one attached hydrogen (secondary N) is 2. The summed E-state index contributed by atoms with van der Waals surface area (Å²) in [4.78, 5) is 25.3. The summed E-state index contributed by atoms with van der Waals surface area (Å²) in [5.41, 5.74) is 9.13. The first-order chi connectivity index (χ1) is 10.1. The lowest BCUT2D eigenvalue weighted by Gasteiger charge is -2.20. The van der Waals surface area contributed by atoms with Crippen molar-refractivity contribution in [2.45, 2.75) is 25.7 Å². The molecule has 2 amide bonds. The number of nitrogen functional groups attached to an aromatic ring is 1. The average Bonchev–Trinajstić information content (AvgIpc) is 2.99. The fraction of sp³-hybridized carbons (Fsp3) is 0.467. The molecule has 1 aromatic carbocycles. The summed E-state index contributed by atoms with van der Waals surface area (Å²) in [7, 11) is 0. The summed E-state index contributed by atoms with van der Waals surface area (Å²) < 4.78 is 0. The van der Waals surface area contributed by atoms with Crippen molar-refractivity contribution in [2.24, 2.45) is 0 Å². The molecule has 0 radical (unpaired) electrons. The molecule has 1 aromatic rings. The molecule has 3 rings (SSSR count). The van der Waals surface area contributed by atoms with Gasteiger partial charge in [0.15, 0.2) is 0 Å². The molecule has 0 aromatic heterocycles. The summed E-state index contributed by atoms with van der Waals surface area (Å²) in [5.74, 6) is 0.129. The molecule has 2 heterocycles. The molecule has 112 valence electrons. The van der Waals surface area contributed by atoms with Gasteiger partial charge in [0.1, 0.15) is 0 Å².